The monoisotopic (exact) mass is 404 g/mol. The summed E-state index contributed by atoms with van der Waals surface area (Å²) in [4.78, 5) is 28.8. The van der Waals surface area contributed by atoms with Crippen molar-refractivity contribution in [2.75, 3.05) is 11.9 Å². The molecule has 1 saturated heterocycles. The molecule has 1 aliphatic rings. The molecule has 30 heavy (non-hydrogen) atoms. The molecule has 3 aromatic rings. The molecule has 0 radical (unpaired) electrons. The Morgan fingerprint density at radius 1 is 1.13 bits per heavy atom. The zero-order valence-corrected chi connectivity index (χ0v) is 16.6. The van der Waals surface area contributed by atoms with Crippen molar-refractivity contribution in [3.05, 3.63) is 83.9 Å². The first-order chi connectivity index (χ1) is 14.7. The fourth-order valence-corrected chi connectivity index (χ4v) is 3.38. The molecule has 0 bridgehead atoms. The molecule has 2 N–H and O–H groups in total. The topological polar surface area (TPSA) is 85.3 Å². The van der Waals surface area contributed by atoms with Gasteiger partial charge in [-0.2, -0.15) is 0 Å². The normalized spacial score (nSPS) is 15.7. The summed E-state index contributed by atoms with van der Waals surface area (Å²) in [5.74, 6) is -0.355. The Labute approximate surface area is 175 Å². The van der Waals surface area contributed by atoms with Crippen LogP contribution in [0.2, 0.25) is 0 Å². The van der Waals surface area contributed by atoms with Crippen LogP contribution in [-0.2, 0) is 22.6 Å². The maximum Gasteiger partial charge on any atom is 0.253 e. The van der Waals surface area contributed by atoms with Crippen LogP contribution in [-0.4, -0.2) is 34.1 Å². The smallest absolute Gasteiger partial charge is 0.253 e. The summed E-state index contributed by atoms with van der Waals surface area (Å²) >= 11 is 0. The van der Waals surface area contributed by atoms with Gasteiger partial charge in [0.1, 0.15) is 6.10 Å². The van der Waals surface area contributed by atoms with Crippen molar-refractivity contribution >= 4 is 17.5 Å². The van der Waals surface area contributed by atoms with Gasteiger partial charge in [-0.3, -0.25) is 9.59 Å². The Balaban J connectivity index is 1.31. The maximum absolute atomic E-state index is 12.5. The van der Waals surface area contributed by atoms with Gasteiger partial charge < -0.3 is 19.9 Å². The van der Waals surface area contributed by atoms with Crippen LogP contribution in [0.25, 0.3) is 0 Å². The second-order valence-corrected chi connectivity index (χ2v) is 7.31. The number of amides is 2. The van der Waals surface area contributed by atoms with Crippen LogP contribution in [0, 0.1) is 0 Å². The minimum atomic E-state index is -0.403. The summed E-state index contributed by atoms with van der Waals surface area (Å²) in [6, 6.07) is 15.0. The van der Waals surface area contributed by atoms with E-state index in [0.29, 0.717) is 24.4 Å². The van der Waals surface area contributed by atoms with E-state index < -0.39 is 6.10 Å². The van der Waals surface area contributed by atoms with Crippen molar-refractivity contribution in [1.29, 1.82) is 0 Å². The van der Waals surface area contributed by atoms with E-state index in [1.807, 2.05) is 35.0 Å². The molecular formula is C23H24N4O3. The Kier molecular flexibility index (Phi) is 6.20. The fraction of sp³-hybridized carbons (Fsp3) is 0.261. The highest BCUT2D eigenvalue weighted by Crippen LogP contribution is 2.16. The van der Waals surface area contributed by atoms with Gasteiger partial charge in [0, 0.05) is 43.3 Å². The number of aromatic nitrogens is 2. The molecule has 0 unspecified atom stereocenters. The number of ether oxygens (including phenoxy) is 1. The van der Waals surface area contributed by atoms with Crippen LogP contribution in [0.15, 0.2) is 67.3 Å². The summed E-state index contributed by atoms with van der Waals surface area (Å²) in [6.45, 7) is 1.80. The van der Waals surface area contributed by atoms with Crippen LogP contribution in [0.3, 0.4) is 0 Å². The lowest BCUT2D eigenvalue weighted by Gasteiger charge is -2.12. The number of nitrogens with one attached hydrogen (secondary N) is 2. The number of benzene rings is 2. The lowest BCUT2D eigenvalue weighted by atomic mass is 10.1. The maximum atomic E-state index is 12.5. The van der Waals surface area contributed by atoms with Gasteiger partial charge in [0.2, 0.25) is 0 Å². The summed E-state index contributed by atoms with van der Waals surface area (Å²) in [5.41, 5.74) is 3.27. The molecule has 2 aromatic carbocycles. The van der Waals surface area contributed by atoms with E-state index in [0.717, 1.165) is 30.5 Å². The van der Waals surface area contributed by atoms with Crippen molar-refractivity contribution in [1.82, 2.24) is 14.9 Å². The van der Waals surface area contributed by atoms with Crippen LogP contribution >= 0.6 is 0 Å². The number of imidazole rings is 1. The number of carbonyl (C=O) groups is 2. The van der Waals surface area contributed by atoms with E-state index in [4.69, 9.17) is 4.74 Å². The lowest BCUT2D eigenvalue weighted by molar-refractivity contribution is -0.124. The van der Waals surface area contributed by atoms with Crippen molar-refractivity contribution < 1.29 is 14.3 Å². The van der Waals surface area contributed by atoms with Crippen molar-refractivity contribution in [3.63, 3.8) is 0 Å². The zero-order chi connectivity index (χ0) is 20.8. The first kappa shape index (κ1) is 19.8. The van der Waals surface area contributed by atoms with Gasteiger partial charge in [-0.05, 0) is 42.2 Å². The third kappa shape index (κ3) is 5.12. The number of hydrogen-bond acceptors (Lipinski definition) is 4. The Hall–Kier alpha value is -3.45. The fourth-order valence-electron chi connectivity index (χ4n) is 3.38. The second kappa shape index (κ2) is 9.37. The van der Waals surface area contributed by atoms with E-state index in [1.165, 1.54) is 0 Å². The van der Waals surface area contributed by atoms with Crippen molar-refractivity contribution in [3.8, 4) is 0 Å². The Morgan fingerprint density at radius 2 is 1.97 bits per heavy atom. The van der Waals surface area contributed by atoms with Crippen molar-refractivity contribution in [2.24, 2.45) is 0 Å². The van der Waals surface area contributed by atoms with Gasteiger partial charge >= 0.3 is 0 Å². The number of nitrogens with zero attached hydrogens (tertiary/aromatic N) is 2. The molecule has 1 atom stereocenters. The van der Waals surface area contributed by atoms with Gasteiger partial charge in [-0.15, -0.1) is 0 Å². The standard InChI is InChI=1S/C23H24N4O3/c28-22(19-3-1-4-20(13-19)26-23(29)21-5-2-12-30-21)25-14-17-6-8-18(9-7-17)15-27-11-10-24-16-27/h1,3-4,6-11,13,16,21H,2,5,12,14-15H2,(H,25,28)(H,26,29)/t21-/m0/s1. The average molecular weight is 404 g/mol. The van der Waals surface area contributed by atoms with E-state index in [-0.39, 0.29) is 11.8 Å². The van der Waals surface area contributed by atoms with E-state index >= 15 is 0 Å². The minimum absolute atomic E-state index is 0.166. The predicted molar refractivity (Wildman–Crippen MR) is 113 cm³/mol. The summed E-state index contributed by atoms with van der Waals surface area (Å²) in [7, 11) is 0. The molecule has 4 rings (SSSR count). The minimum Gasteiger partial charge on any atom is -0.368 e. The number of anilines is 1. The van der Waals surface area contributed by atoms with E-state index in [1.54, 1.807) is 36.8 Å². The van der Waals surface area contributed by atoms with E-state index in [2.05, 4.69) is 15.6 Å². The first-order valence-electron chi connectivity index (χ1n) is 10.0. The predicted octanol–water partition coefficient (Wildman–Crippen LogP) is 2.98. The Morgan fingerprint density at radius 3 is 2.70 bits per heavy atom. The van der Waals surface area contributed by atoms with Gasteiger partial charge in [0.05, 0.1) is 6.33 Å². The molecular weight excluding hydrogens is 380 g/mol. The highest BCUT2D eigenvalue weighted by Gasteiger charge is 2.23. The molecule has 0 aliphatic carbocycles. The molecule has 0 spiro atoms. The summed E-state index contributed by atoms with van der Waals surface area (Å²) in [6.07, 6.45) is 6.68. The SMILES string of the molecule is O=C(NCc1ccc(Cn2ccnc2)cc1)c1cccc(NC(=O)[C@@H]2CCCO2)c1. The quantitative estimate of drug-likeness (QED) is 0.634. The molecule has 154 valence electrons. The second-order valence-electron chi connectivity index (χ2n) is 7.31. The van der Waals surface area contributed by atoms with Crippen LogP contribution in [0.5, 0.6) is 0 Å². The first-order valence-corrected chi connectivity index (χ1v) is 10.0. The molecule has 7 heteroatoms. The van der Waals surface area contributed by atoms with Gasteiger partial charge in [-0.1, -0.05) is 30.3 Å². The van der Waals surface area contributed by atoms with E-state index in [9.17, 15) is 9.59 Å². The molecule has 2 amide bonds. The Bertz CT molecular complexity index is 994. The highest BCUT2D eigenvalue weighted by molar-refractivity contribution is 5.98. The molecule has 1 fully saturated rings. The number of hydrogen-bond donors (Lipinski definition) is 2. The zero-order valence-electron chi connectivity index (χ0n) is 16.6. The van der Waals surface area contributed by atoms with Crippen molar-refractivity contribution in [2.45, 2.75) is 32.0 Å². The average Bonchev–Trinajstić information content (AvgIpc) is 3.48. The van der Waals surface area contributed by atoms with Gasteiger partial charge in [0.25, 0.3) is 11.8 Å². The van der Waals surface area contributed by atoms with Crippen LogP contribution in [0.1, 0.15) is 34.3 Å². The third-order valence-corrected chi connectivity index (χ3v) is 5.01. The molecule has 1 aromatic heterocycles. The molecule has 1 aliphatic heterocycles. The highest BCUT2D eigenvalue weighted by atomic mass is 16.5. The molecule has 0 saturated carbocycles. The summed E-state index contributed by atoms with van der Waals surface area (Å²) in [5, 5.41) is 5.75. The molecule has 2 heterocycles. The summed E-state index contributed by atoms with van der Waals surface area (Å²) < 4.78 is 7.40. The number of carbonyl (C=O) groups excluding carboxylic acids is 2. The van der Waals surface area contributed by atoms with Crippen LogP contribution < -0.4 is 10.6 Å². The van der Waals surface area contributed by atoms with Crippen LogP contribution in [0.4, 0.5) is 5.69 Å². The van der Waals surface area contributed by atoms with Gasteiger partial charge in [0.15, 0.2) is 0 Å². The largest absolute Gasteiger partial charge is 0.368 e. The number of rotatable bonds is 7. The lowest BCUT2D eigenvalue weighted by Crippen LogP contribution is -2.27. The van der Waals surface area contributed by atoms with Gasteiger partial charge in [-0.25, -0.2) is 4.98 Å². The molecule has 7 nitrogen and oxygen atoms in total. The third-order valence-electron chi connectivity index (χ3n) is 5.01.